The standard InChI is InChI=1S/C19H17FN2/c20-17-9-6-8-15(13-17)19-12-5-4-7-16(19)14-21-22-18-10-2-1-3-11-18/h1-13,21-22H,14H2. The molecule has 0 atom stereocenters. The van der Waals surface area contributed by atoms with Crippen LogP contribution in [-0.4, -0.2) is 0 Å². The van der Waals surface area contributed by atoms with Crippen molar-refractivity contribution in [3.63, 3.8) is 0 Å². The van der Waals surface area contributed by atoms with E-state index in [0.29, 0.717) is 6.54 Å². The highest BCUT2D eigenvalue weighted by Crippen LogP contribution is 2.24. The molecule has 0 amide bonds. The summed E-state index contributed by atoms with van der Waals surface area (Å²) in [5, 5.41) is 0. The first kappa shape index (κ1) is 14.3. The Bertz CT molecular complexity index is 741. The second kappa shape index (κ2) is 6.87. The molecule has 2 nitrogen and oxygen atoms in total. The van der Waals surface area contributed by atoms with Crippen molar-refractivity contribution in [2.75, 3.05) is 5.43 Å². The third kappa shape index (κ3) is 3.51. The highest BCUT2D eigenvalue weighted by molar-refractivity contribution is 5.67. The van der Waals surface area contributed by atoms with Crippen LogP contribution in [-0.2, 0) is 6.54 Å². The van der Waals surface area contributed by atoms with Gasteiger partial charge in [-0.25, -0.2) is 9.82 Å². The first-order chi connectivity index (χ1) is 10.8. The number of para-hydroxylation sites is 1. The van der Waals surface area contributed by atoms with Crippen LogP contribution in [0.4, 0.5) is 10.1 Å². The Hall–Kier alpha value is -2.65. The molecule has 0 heterocycles. The zero-order chi connectivity index (χ0) is 15.2. The van der Waals surface area contributed by atoms with E-state index in [9.17, 15) is 4.39 Å². The lowest BCUT2D eigenvalue weighted by atomic mass is 10.00. The van der Waals surface area contributed by atoms with Gasteiger partial charge in [0.15, 0.2) is 0 Å². The number of nitrogens with one attached hydrogen (secondary N) is 2. The van der Waals surface area contributed by atoms with Crippen molar-refractivity contribution in [1.29, 1.82) is 0 Å². The summed E-state index contributed by atoms with van der Waals surface area (Å²) in [5.41, 5.74) is 10.4. The molecule has 0 aliphatic carbocycles. The van der Waals surface area contributed by atoms with Gasteiger partial charge in [-0.2, -0.15) is 0 Å². The molecule has 0 fully saturated rings. The Labute approximate surface area is 129 Å². The second-order valence-electron chi connectivity index (χ2n) is 5.01. The van der Waals surface area contributed by atoms with E-state index in [2.05, 4.69) is 10.9 Å². The van der Waals surface area contributed by atoms with Crippen LogP contribution in [0.15, 0.2) is 78.9 Å². The van der Waals surface area contributed by atoms with Gasteiger partial charge in [0.25, 0.3) is 0 Å². The third-order valence-electron chi connectivity index (χ3n) is 3.44. The van der Waals surface area contributed by atoms with Crippen LogP contribution >= 0.6 is 0 Å². The molecule has 0 aliphatic heterocycles. The summed E-state index contributed by atoms with van der Waals surface area (Å²) in [6.07, 6.45) is 0. The van der Waals surface area contributed by atoms with E-state index in [4.69, 9.17) is 0 Å². The van der Waals surface area contributed by atoms with Crippen molar-refractivity contribution in [3.8, 4) is 11.1 Å². The summed E-state index contributed by atoms with van der Waals surface area (Å²) in [4.78, 5) is 0. The Morgan fingerprint density at radius 2 is 1.55 bits per heavy atom. The normalized spacial score (nSPS) is 10.4. The van der Waals surface area contributed by atoms with Gasteiger partial charge in [-0.1, -0.05) is 54.6 Å². The summed E-state index contributed by atoms with van der Waals surface area (Å²) in [7, 11) is 0. The molecule has 0 bridgehead atoms. The first-order valence-corrected chi connectivity index (χ1v) is 7.21. The Balaban J connectivity index is 1.74. The Kier molecular flexibility index (Phi) is 4.47. The van der Waals surface area contributed by atoms with Gasteiger partial charge in [0.2, 0.25) is 0 Å². The van der Waals surface area contributed by atoms with Gasteiger partial charge in [0.05, 0.1) is 0 Å². The minimum Gasteiger partial charge on any atom is -0.321 e. The largest absolute Gasteiger partial charge is 0.321 e. The molecular weight excluding hydrogens is 275 g/mol. The maximum atomic E-state index is 13.4. The fourth-order valence-electron chi connectivity index (χ4n) is 2.38. The first-order valence-electron chi connectivity index (χ1n) is 7.21. The van der Waals surface area contributed by atoms with Crippen LogP contribution in [0.1, 0.15) is 5.56 Å². The maximum absolute atomic E-state index is 13.4. The fourth-order valence-corrected chi connectivity index (χ4v) is 2.38. The molecule has 22 heavy (non-hydrogen) atoms. The van der Waals surface area contributed by atoms with E-state index in [1.165, 1.54) is 6.07 Å². The molecule has 110 valence electrons. The summed E-state index contributed by atoms with van der Waals surface area (Å²) in [6, 6.07) is 24.6. The van der Waals surface area contributed by atoms with Crippen molar-refractivity contribution in [3.05, 3.63) is 90.2 Å². The number of hydrogen-bond acceptors (Lipinski definition) is 2. The van der Waals surface area contributed by atoms with Crippen LogP contribution in [0.25, 0.3) is 11.1 Å². The van der Waals surface area contributed by atoms with E-state index in [-0.39, 0.29) is 5.82 Å². The zero-order valence-electron chi connectivity index (χ0n) is 12.1. The van der Waals surface area contributed by atoms with Crippen molar-refractivity contribution >= 4 is 5.69 Å². The summed E-state index contributed by atoms with van der Waals surface area (Å²) < 4.78 is 13.4. The molecule has 0 spiro atoms. The van der Waals surface area contributed by atoms with Gasteiger partial charge in [-0.15, -0.1) is 0 Å². The van der Waals surface area contributed by atoms with Crippen LogP contribution in [0, 0.1) is 5.82 Å². The molecule has 3 heteroatoms. The zero-order valence-corrected chi connectivity index (χ0v) is 12.1. The Morgan fingerprint density at radius 1 is 0.773 bits per heavy atom. The molecule has 3 aromatic rings. The lowest BCUT2D eigenvalue weighted by molar-refractivity contribution is 0.628. The molecular formula is C19H17FN2. The minimum absolute atomic E-state index is 0.220. The fraction of sp³-hybridized carbons (Fsp3) is 0.0526. The van der Waals surface area contributed by atoms with Crippen LogP contribution in [0.5, 0.6) is 0 Å². The van der Waals surface area contributed by atoms with Crippen LogP contribution in [0.2, 0.25) is 0 Å². The van der Waals surface area contributed by atoms with Crippen molar-refractivity contribution in [2.45, 2.75) is 6.54 Å². The van der Waals surface area contributed by atoms with Crippen LogP contribution in [0.3, 0.4) is 0 Å². The lowest BCUT2D eigenvalue weighted by Gasteiger charge is -2.12. The second-order valence-corrected chi connectivity index (χ2v) is 5.01. The van der Waals surface area contributed by atoms with Crippen LogP contribution < -0.4 is 10.9 Å². The topological polar surface area (TPSA) is 24.1 Å². The lowest BCUT2D eigenvalue weighted by Crippen LogP contribution is -2.21. The molecule has 3 aromatic carbocycles. The van der Waals surface area contributed by atoms with Gasteiger partial charge in [-0.05, 0) is 41.0 Å². The van der Waals surface area contributed by atoms with Gasteiger partial charge >= 0.3 is 0 Å². The smallest absolute Gasteiger partial charge is 0.123 e. The maximum Gasteiger partial charge on any atom is 0.123 e. The van der Waals surface area contributed by atoms with Gasteiger partial charge in [-0.3, -0.25) is 0 Å². The minimum atomic E-state index is -0.220. The Morgan fingerprint density at radius 3 is 2.36 bits per heavy atom. The molecule has 2 N–H and O–H groups in total. The quantitative estimate of drug-likeness (QED) is 0.671. The summed E-state index contributed by atoms with van der Waals surface area (Å²) in [6.45, 7) is 0.640. The molecule has 0 aliphatic rings. The monoisotopic (exact) mass is 292 g/mol. The van der Waals surface area contributed by atoms with E-state index < -0.39 is 0 Å². The van der Waals surface area contributed by atoms with Crippen molar-refractivity contribution in [2.24, 2.45) is 0 Å². The predicted octanol–water partition coefficient (Wildman–Crippen LogP) is 4.61. The number of anilines is 1. The highest BCUT2D eigenvalue weighted by atomic mass is 19.1. The number of halogens is 1. The molecule has 3 rings (SSSR count). The summed E-state index contributed by atoms with van der Waals surface area (Å²) >= 11 is 0. The number of hydrazine groups is 1. The third-order valence-corrected chi connectivity index (χ3v) is 3.44. The average molecular weight is 292 g/mol. The van der Waals surface area contributed by atoms with E-state index in [1.54, 1.807) is 12.1 Å². The van der Waals surface area contributed by atoms with Gasteiger partial charge < -0.3 is 5.43 Å². The molecule has 0 aromatic heterocycles. The molecule has 0 saturated heterocycles. The molecule has 0 radical (unpaired) electrons. The van der Waals surface area contributed by atoms with E-state index in [1.807, 2.05) is 60.7 Å². The number of hydrogen-bond donors (Lipinski definition) is 2. The predicted molar refractivity (Wildman–Crippen MR) is 88.7 cm³/mol. The van der Waals surface area contributed by atoms with Gasteiger partial charge in [0.1, 0.15) is 5.82 Å². The highest BCUT2D eigenvalue weighted by Gasteiger charge is 2.05. The average Bonchev–Trinajstić information content (AvgIpc) is 2.56. The van der Waals surface area contributed by atoms with Crippen molar-refractivity contribution in [1.82, 2.24) is 5.43 Å². The van der Waals surface area contributed by atoms with E-state index in [0.717, 1.165) is 22.4 Å². The number of benzene rings is 3. The SMILES string of the molecule is Fc1cccc(-c2ccccc2CNNc2ccccc2)c1. The van der Waals surface area contributed by atoms with E-state index >= 15 is 0 Å². The number of rotatable bonds is 5. The molecule has 0 saturated carbocycles. The van der Waals surface area contributed by atoms with Gasteiger partial charge in [0, 0.05) is 12.2 Å². The van der Waals surface area contributed by atoms with Crippen molar-refractivity contribution < 1.29 is 4.39 Å². The molecule has 0 unspecified atom stereocenters. The summed E-state index contributed by atoms with van der Waals surface area (Å²) in [5.74, 6) is -0.220.